The zero-order valence-corrected chi connectivity index (χ0v) is 11.6. The zero-order valence-electron chi connectivity index (χ0n) is 11.6. The van der Waals surface area contributed by atoms with Crippen LogP contribution in [0.4, 0.5) is 0 Å². The van der Waals surface area contributed by atoms with E-state index in [1.165, 1.54) is 4.90 Å². The van der Waals surface area contributed by atoms with Gasteiger partial charge < -0.3 is 10.0 Å². The summed E-state index contributed by atoms with van der Waals surface area (Å²) in [4.78, 5) is 28.8. The molecule has 0 saturated heterocycles. The molecule has 0 aliphatic rings. The Morgan fingerprint density at radius 3 is 2.58 bits per heavy atom. The SMILES string of the molecule is CCCN(CC(=O)O)C(=O)C(C)(C)c1cccnc1. The highest BCUT2D eigenvalue weighted by atomic mass is 16.4. The number of aliphatic carboxylic acids is 1. The number of hydrogen-bond donors (Lipinski definition) is 1. The highest BCUT2D eigenvalue weighted by Gasteiger charge is 2.34. The topological polar surface area (TPSA) is 70.5 Å². The second kappa shape index (κ2) is 6.31. The van der Waals surface area contributed by atoms with E-state index in [2.05, 4.69) is 4.98 Å². The van der Waals surface area contributed by atoms with Gasteiger partial charge in [-0.3, -0.25) is 14.6 Å². The Balaban J connectivity index is 2.97. The van der Waals surface area contributed by atoms with E-state index < -0.39 is 11.4 Å². The number of carbonyl (C=O) groups is 2. The zero-order chi connectivity index (χ0) is 14.5. The molecule has 5 nitrogen and oxygen atoms in total. The molecule has 104 valence electrons. The first-order valence-electron chi connectivity index (χ1n) is 6.31. The van der Waals surface area contributed by atoms with Crippen molar-refractivity contribution in [2.45, 2.75) is 32.6 Å². The molecule has 0 spiro atoms. The van der Waals surface area contributed by atoms with Crippen LogP contribution in [-0.4, -0.2) is 40.0 Å². The van der Waals surface area contributed by atoms with Gasteiger partial charge in [-0.25, -0.2) is 0 Å². The molecule has 1 heterocycles. The van der Waals surface area contributed by atoms with Gasteiger partial charge in [0.15, 0.2) is 0 Å². The second-order valence-corrected chi connectivity index (χ2v) is 4.99. The molecule has 0 fully saturated rings. The monoisotopic (exact) mass is 264 g/mol. The predicted molar refractivity (Wildman–Crippen MR) is 71.8 cm³/mol. The molecule has 0 unspecified atom stereocenters. The summed E-state index contributed by atoms with van der Waals surface area (Å²) in [6.07, 6.45) is 4.01. The summed E-state index contributed by atoms with van der Waals surface area (Å²) >= 11 is 0. The number of carboxylic acid groups (broad SMARTS) is 1. The Labute approximate surface area is 113 Å². The molecular formula is C14H20N2O3. The van der Waals surface area contributed by atoms with Gasteiger partial charge in [0.2, 0.25) is 5.91 Å². The maximum atomic E-state index is 12.5. The fraction of sp³-hybridized carbons (Fsp3) is 0.500. The number of aromatic nitrogens is 1. The summed E-state index contributed by atoms with van der Waals surface area (Å²) in [6.45, 7) is 5.66. The molecule has 1 aromatic heterocycles. The third kappa shape index (κ3) is 3.77. The lowest BCUT2D eigenvalue weighted by molar-refractivity contribution is -0.146. The maximum absolute atomic E-state index is 12.5. The third-order valence-electron chi connectivity index (χ3n) is 3.02. The van der Waals surface area contributed by atoms with Crippen LogP contribution in [0.1, 0.15) is 32.8 Å². The van der Waals surface area contributed by atoms with Gasteiger partial charge in [-0.2, -0.15) is 0 Å². The summed E-state index contributed by atoms with van der Waals surface area (Å²) in [5.41, 5.74) is 0.00490. The number of carbonyl (C=O) groups excluding carboxylic acids is 1. The van der Waals surface area contributed by atoms with Crippen molar-refractivity contribution >= 4 is 11.9 Å². The third-order valence-corrected chi connectivity index (χ3v) is 3.02. The van der Waals surface area contributed by atoms with Gasteiger partial charge in [0.1, 0.15) is 6.54 Å². The van der Waals surface area contributed by atoms with E-state index >= 15 is 0 Å². The van der Waals surface area contributed by atoms with Crippen LogP contribution < -0.4 is 0 Å². The summed E-state index contributed by atoms with van der Waals surface area (Å²) in [5, 5.41) is 8.89. The molecule has 0 atom stereocenters. The molecular weight excluding hydrogens is 244 g/mol. The number of carboxylic acids is 1. The molecule has 0 saturated carbocycles. The van der Waals surface area contributed by atoms with Crippen LogP contribution in [0.2, 0.25) is 0 Å². The lowest BCUT2D eigenvalue weighted by Crippen LogP contribution is -2.46. The summed E-state index contributed by atoms with van der Waals surface area (Å²) in [6, 6.07) is 3.60. The Morgan fingerprint density at radius 2 is 2.11 bits per heavy atom. The first kappa shape index (κ1) is 15.1. The Morgan fingerprint density at radius 1 is 1.42 bits per heavy atom. The molecule has 0 aromatic carbocycles. The van der Waals surface area contributed by atoms with Gasteiger partial charge in [0.25, 0.3) is 0 Å². The highest BCUT2D eigenvalue weighted by molar-refractivity contribution is 5.89. The van der Waals surface area contributed by atoms with Crippen LogP contribution in [-0.2, 0) is 15.0 Å². The van der Waals surface area contributed by atoms with E-state index in [1.807, 2.05) is 13.0 Å². The normalized spacial score (nSPS) is 11.1. The average Bonchev–Trinajstić information content (AvgIpc) is 2.38. The molecule has 1 rings (SSSR count). The molecule has 1 N–H and O–H groups in total. The second-order valence-electron chi connectivity index (χ2n) is 4.99. The predicted octanol–water partition coefficient (Wildman–Crippen LogP) is 1.68. The quantitative estimate of drug-likeness (QED) is 0.848. The molecule has 1 aromatic rings. The molecule has 19 heavy (non-hydrogen) atoms. The van der Waals surface area contributed by atoms with Crippen molar-refractivity contribution < 1.29 is 14.7 Å². The number of pyridine rings is 1. The van der Waals surface area contributed by atoms with Crippen molar-refractivity contribution in [1.82, 2.24) is 9.88 Å². The van der Waals surface area contributed by atoms with Crippen molar-refractivity contribution in [3.8, 4) is 0 Å². The van der Waals surface area contributed by atoms with Gasteiger partial charge in [-0.15, -0.1) is 0 Å². The largest absolute Gasteiger partial charge is 0.480 e. The van der Waals surface area contributed by atoms with E-state index in [0.717, 1.165) is 12.0 Å². The number of amides is 1. The fourth-order valence-electron chi connectivity index (χ4n) is 1.94. The van der Waals surface area contributed by atoms with Crippen LogP contribution in [0.3, 0.4) is 0 Å². The first-order valence-corrected chi connectivity index (χ1v) is 6.31. The van der Waals surface area contributed by atoms with Crippen LogP contribution in [0.25, 0.3) is 0 Å². The van der Waals surface area contributed by atoms with Crippen LogP contribution >= 0.6 is 0 Å². The molecule has 0 radical (unpaired) electrons. The van der Waals surface area contributed by atoms with Crippen LogP contribution in [0.5, 0.6) is 0 Å². The standard InChI is InChI=1S/C14H20N2O3/c1-4-8-16(10-12(17)18)13(19)14(2,3)11-6-5-7-15-9-11/h5-7,9H,4,8,10H2,1-3H3,(H,17,18). The van der Waals surface area contributed by atoms with Crippen molar-refractivity contribution in [1.29, 1.82) is 0 Å². The van der Waals surface area contributed by atoms with Crippen LogP contribution in [0.15, 0.2) is 24.5 Å². The minimum Gasteiger partial charge on any atom is -0.480 e. The summed E-state index contributed by atoms with van der Waals surface area (Å²) < 4.78 is 0. The van der Waals surface area contributed by atoms with E-state index in [0.29, 0.717) is 6.54 Å². The summed E-state index contributed by atoms with van der Waals surface area (Å²) in [7, 11) is 0. The first-order chi connectivity index (χ1) is 8.89. The smallest absolute Gasteiger partial charge is 0.323 e. The Bertz CT molecular complexity index is 443. The molecule has 1 amide bonds. The van der Waals surface area contributed by atoms with Crippen molar-refractivity contribution in [2.24, 2.45) is 0 Å². The van der Waals surface area contributed by atoms with Gasteiger partial charge >= 0.3 is 5.97 Å². The van der Waals surface area contributed by atoms with Gasteiger partial charge in [-0.1, -0.05) is 13.0 Å². The van der Waals surface area contributed by atoms with Crippen molar-refractivity contribution in [2.75, 3.05) is 13.1 Å². The molecule has 0 bridgehead atoms. The minimum absolute atomic E-state index is 0.190. The minimum atomic E-state index is -0.996. The Hall–Kier alpha value is -1.91. The van der Waals surface area contributed by atoms with E-state index in [-0.39, 0.29) is 12.5 Å². The molecule has 5 heteroatoms. The van der Waals surface area contributed by atoms with Gasteiger partial charge in [0.05, 0.1) is 5.41 Å². The van der Waals surface area contributed by atoms with Crippen LogP contribution in [0, 0.1) is 0 Å². The van der Waals surface area contributed by atoms with Gasteiger partial charge in [0, 0.05) is 18.9 Å². The number of nitrogens with zero attached hydrogens (tertiary/aromatic N) is 2. The van der Waals surface area contributed by atoms with Crippen molar-refractivity contribution in [3.05, 3.63) is 30.1 Å². The number of hydrogen-bond acceptors (Lipinski definition) is 3. The summed E-state index contributed by atoms with van der Waals surface area (Å²) in [5.74, 6) is -1.19. The maximum Gasteiger partial charge on any atom is 0.323 e. The average molecular weight is 264 g/mol. The molecule has 0 aliphatic carbocycles. The van der Waals surface area contributed by atoms with E-state index in [9.17, 15) is 9.59 Å². The lowest BCUT2D eigenvalue weighted by Gasteiger charge is -2.31. The van der Waals surface area contributed by atoms with E-state index in [4.69, 9.17) is 5.11 Å². The molecule has 0 aliphatic heterocycles. The Kier molecular flexibility index (Phi) is 5.03. The lowest BCUT2D eigenvalue weighted by atomic mass is 9.84. The van der Waals surface area contributed by atoms with E-state index in [1.54, 1.807) is 32.3 Å². The fourth-order valence-corrected chi connectivity index (χ4v) is 1.94. The van der Waals surface area contributed by atoms with Gasteiger partial charge in [-0.05, 0) is 31.9 Å². The highest BCUT2D eigenvalue weighted by Crippen LogP contribution is 2.25. The van der Waals surface area contributed by atoms with Crippen molar-refractivity contribution in [3.63, 3.8) is 0 Å². The number of rotatable bonds is 6.